The highest BCUT2D eigenvalue weighted by Gasteiger charge is 2.27. The lowest BCUT2D eigenvalue weighted by atomic mass is 10.1. The Labute approximate surface area is 109 Å². The summed E-state index contributed by atoms with van der Waals surface area (Å²) in [7, 11) is 1.78. The lowest BCUT2D eigenvalue weighted by Crippen LogP contribution is -2.51. The van der Waals surface area contributed by atoms with Crippen molar-refractivity contribution in [2.45, 2.75) is 18.9 Å². The van der Waals surface area contributed by atoms with E-state index in [4.69, 9.17) is 0 Å². The number of hydrogen-bond acceptors (Lipinski definition) is 4. The van der Waals surface area contributed by atoms with Crippen LogP contribution in [-0.4, -0.2) is 33.5 Å². The van der Waals surface area contributed by atoms with E-state index in [9.17, 15) is 14.4 Å². The average molecular weight is 262 g/mol. The standard InChI is InChI=1S/C12H14N4O3/c1-16-7-8(6-13-16)2-4-10(17)14-9-3-5-11(18)15-12(9)19/h2,4,6-7,9H,3,5H2,1H3,(H,14,17)(H,15,18,19). The molecule has 2 N–H and O–H groups in total. The van der Waals surface area contributed by atoms with E-state index in [1.54, 1.807) is 30.2 Å². The molecule has 3 amide bonds. The van der Waals surface area contributed by atoms with Gasteiger partial charge in [0.05, 0.1) is 6.20 Å². The van der Waals surface area contributed by atoms with Crippen LogP contribution in [0.15, 0.2) is 18.5 Å². The molecule has 19 heavy (non-hydrogen) atoms. The van der Waals surface area contributed by atoms with E-state index in [0.717, 1.165) is 5.56 Å². The Bertz CT molecular complexity index is 547. The molecule has 1 atom stereocenters. The Morgan fingerprint density at radius 3 is 3.00 bits per heavy atom. The molecule has 0 saturated carbocycles. The fourth-order valence-corrected chi connectivity index (χ4v) is 1.75. The molecule has 7 nitrogen and oxygen atoms in total. The monoisotopic (exact) mass is 262 g/mol. The van der Waals surface area contributed by atoms with Crippen LogP contribution in [0.25, 0.3) is 6.08 Å². The number of hydrogen-bond donors (Lipinski definition) is 2. The van der Waals surface area contributed by atoms with E-state index in [1.165, 1.54) is 6.08 Å². The van der Waals surface area contributed by atoms with Crippen LogP contribution < -0.4 is 10.6 Å². The van der Waals surface area contributed by atoms with Crippen LogP contribution in [0.2, 0.25) is 0 Å². The van der Waals surface area contributed by atoms with E-state index in [2.05, 4.69) is 15.7 Å². The first-order valence-corrected chi connectivity index (χ1v) is 5.85. The molecule has 2 rings (SSSR count). The topological polar surface area (TPSA) is 93.1 Å². The molecule has 1 fully saturated rings. The van der Waals surface area contributed by atoms with Crippen molar-refractivity contribution in [2.75, 3.05) is 0 Å². The Morgan fingerprint density at radius 1 is 1.58 bits per heavy atom. The minimum absolute atomic E-state index is 0.239. The molecular formula is C12H14N4O3. The van der Waals surface area contributed by atoms with E-state index < -0.39 is 11.9 Å². The number of carbonyl (C=O) groups is 3. The number of aryl methyl sites for hydroxylation is 1. The molecule has 0 bridgehead atoms. The Hall–Kier alpha value is -2.44. The molecule has 7 heteroatoms. The summed E-state index contributed by atoms with van der Waals surface area (Å²) in [6, 6.07) is -0.649. The summed E-state index contributed by atoms with van der Waals surface area (Å²) in [6.07, 6.45) is 6.89. The van der Waals surface area contributed by atoms with Gasteiger partial charge in [0.1, 0.15) is 6.04 Å². The van der Waals surface area contributed by atoms with Crippen molar-refractivity contribution in [3.63, 3.8) is 0 Å². The average Bonchev–Trinajstić information content (AvgIpc) is 2.76. The second-order valence-electron chi connectivity index (χ2n) is 4.29. The molecule has 1 aromatic heterocycles. The third-order valence-electron chi connectivity index (χ3n) is 2.71. The van der Waals surface area contributed by atoms with Crippen LogP contribution in [-0.2, 0) is 21.4 Å². The van der Waals surface area contributed by atoms with Gasteiger partial charge < -0.3 is 5.32 Å². The van der Waals surface area contributed by atoms with Gasteiger partial charge in [0.25, 0.3) is 0 Å². The molecule has 0 radical (unpaired) electrons. The van der Waals surface area contributed by atoms with Gasteiger partial charge in [-0.15, -0.1) is 0 Å². The van der Waals surface area contributed by atoms with Gasteiger partial charge in [-0.2, -0.15) is 5.10 Å². The lowest BCUT2D eigenvalue weighted by molar-refractivity contribution is -0.136. The zero-order valence-electron chi connectivity index (χ0n) is 10.4. The Morgan fingerprint density at radius 2 is 2.37 bits per heavy atom. The minimum atomic E-state index is -0.649. The number of nitrogens with zero attached hydrogens (tertiary/aromatic N) is 2. The van der Waals surface area contributed by atoms with Crippen LogP contribution >= 0.6 is 0 Å². The molecule has 0 aliphatic carbocycles. The summed E-state index contributed by atoms with van der Waals surface area (Å²) in [6.45, 7) is 0. The van der Waals surface area contributed by atoms with Gasteiger partial charge >= 0.3 is 0 Å². The van der Waals surface area contributed by atoms with Gasteiger partial charge in [0.2, 0.25) is 17.7 Å². The first-order chi connectivity index (χ1) is 9.04. The fourth-order valence-electron chi connectivity index (χ4n) is 1.75. The van der Waals surface area contributed by atoms with Crippen LogP contribution in [0, 0.1) is 0 Å². The molecule has 0 spiro atoms. The van der Waals surface area contributed by atoms with Gasteiger partial charge in [-0.25, -0.2) is 0 Å². The van der Waals surface area contributed by atoms with Crippen molar-refractivity contribution >= 4 is 23.8 Å². The molecule has 2 heterocycles. The zero-order valence-corrected chi connectivity index (χ0v) is 10.4. The summed E-state index contributed by atoms with van der Waals surface area (Å²) in [5.74, 6) is -1.14. The summed E-state index contributed by atoms with van der Waals surface area (Å²) < 4.78 is 1.62. The van der Waals surface area contributed by atoms with Crippen molar-refractivity contribution in [2.24, 2.45) is 7.05 Å². The normalized spacial score (nSPS) is 19.5. The number of piperidine rings is 1. The maximum absolute atomic E-state index is 11.6. The first kappa shape index (κ1) is 13.0. The molecule has 1 aliphatic heterocycles. The van der Waals surface area contributed by atoms with E-state index in [1.807, 2.05) is 0 Å². The van der Waals surface area contributed by atoms with Crippen LogP contribution in [0.4, 0.5) is 0 Å². The highest BCUT2D eigenvalue weighted by Crippen LogP contribution is 2.04. The zero-order chi connectivity index (χ0) is 13.8. The third-order valence-corrected chi connectivity index (χ3v) is 2.71. The maximum atomic E-state index is 11.6. The van der Waals surface area contributed by atoms with Gasteiger partial charge in [0, 0.05) is 31.3 Å². The summed E-state index contributed by atoms with van der Waals surface area (Å²) in [5, 5.41) is 8.69. The first-order valence-electron chi connectivity index (χ1n) is 5.85. The Kier molecular flexibility index (Phi) is 3.74. The van der Waals surface area contributed by atoms with E-state index >= 15 is 0 Å². The van der Waals surface area contributed by atoms with E-state index in [-0.39, 0.29) is 18.2 Å². The van der Waals surface area contributed by atoms with Gasteiger partial charge in [-0.3, -0.25) is 24.4 Å². The number of nitrogens with one attached hydrogen (secondary N) is 2. The molecule has 100 valence electrons. The van der Waals surface area contributed by atoms with Crippen LogP contribution in [0.3, 0.4) is 0 Å². The van der Waals surface area contributed by atoms with Gasteiger partial charge in [-0.1, -0.05) is 0 Å². The molecule has 1 aromatic rings. The number of amides is 3. The second-order valence-corrected chi connectivity index (χ2v) is 4.29. The van der Waals surface area contributed by atoms with E-state index in [0.29, 0.717) is 6.42 Å². The van der Waals surface area contributed by atoms with Crippen molar-refractivity contribution in [1.82, 2.24) is 20.4 Å². The molecule has 1 unspecified atom stereocenters. The number of carbonyl (C=O) groups excluding carboxylic acids is 3. The highest BCUT2D eigenvalue weighted by molar-refractivity contribution is 6.03. The predicted molar refractivity (Wildman–Crippen MR) is 66.6 cm³/mol. The maximum Gasteiger partial charge on any atom is 0.249 e. The predicted octanol–water partition coefficient (Wildman–Crippen LogP) is -0.645. The lowest BCUT2D eigenvalue weighted by Gasteiger charge is -2.20. The molecule has 1 aliphatic rings. The SMILES string of the molecule is Cn1cc(C=CC(=O)NC2CCC(=O)NC2=O)cn1. The number of aromatic nitrogens is 2. The minimum Gasteiger partial charge on any atom is -0.341 e. The smallest absolute Gasteiger partial charge is 0.249 e. The Balaban J connectivity index is 1.89. The largest absolute Gasteiger partial charge is 0.341 e. The third kappa shape index (κ3) is 3.51. The van der Waals surface area contributed by atoms with Crippen molar-refractivity contribution < 1.29 is 14.4 Å². The second kappa shape index (κ2) is 5.47. The molecule has 1 saturated heterocycles. The summed E-state index contributed by atoms with van der Waals surface area (Å²) >= 11 is 0. The number of imide groups is 1. The van der Waals surface area contributed by atoms with Crippen molar-refractivity contribution in [3.05, 3.63) is 24.0 Å². The fraction of sp³-hybridized carbons (Fsp3) is 0.333. The molecular weight excluding hydrogens is 248 g/mol. The quantitative estimate of drug-likeness (QED) is 0.559. The highest BCUT2D eigenvalue weighted by atomic mass is 16.2. The van der Waals surface area contributed by atoms with Crippen LogP contribution in [0.1, 0.15) is 18.4 Å². The van der Waals surface area contributed by atoms with Crippen molar-refractivity contribution in [1.29, 1.82) is 0 Å². The molecule has 0 aromatic carbocycles. The van der Waals surface area contributed by atoms with Gasteiger partial charge in [-0.05, 0) is 12.5 Å². The van der Waals surface area contributed by atoms with Crippen LogP contribution in [0.5, 0.6) is 0 Å². The van der Waals surface area contributed by atoms with Gasteiger partial charge in [0.15, 0.2) is 0 Å². The number of rotatable bonds is 3. The summed E-state index contributed by atoms with van der Waals surface area (Å²) in [4.78, 5) is 34.0. The summed E-state index contributed by atoms with van der Waals surface area (Å²) in [5.41, 5.74) is 0.793. The van der Waals surface area contributed by atoms with Crippen molar-refractivity contribution in [3.8, 4) is 0 Å².